The average molecular weight is 261 g/mol. The zero-order valence-corrected chi connectivity index (χ0v) is 10.5. The van der Waals surface area contributed by atoms with Crippen LogP contribution in [0.3, 0.4) is 0 Å². The van der Waals surface area contributed by atoms with Gasteiger partial charge in [0.2, 0.25) is 0 Å². The molecule has 0 bridgehead atoms. The molecule has 0 heterocycles. The predicted molar refractivity (Wildman–Crippen MR) is 65.4 cm³/mol. The Kier molecular flexibility index (Phi) is 5.37. The Balaban J connectivity index is 2.40. The summed E-state index contributed by atoms with van der Waals surface area (Å²) in [6, 6.07) is 6.15. The van der Waals surface area contributed by atoms with E-state index < -0.39 is 9.84 Å². The van der Waals surface area contributed by atoms with Crippen LogP contribution in [0.1, 0.15) is 0 Å². The molecule has 1 rings (SSSR count). The van der Waals surface area contributed by atoms with Crippen molar-refractivity contribution in [3.8, 4) is 0 Å². The second-order valence-electron chi connectivity index (χ2n) is 3.55. The van der Waals surface area contributed by atoms with E-state index in [1.165, 1.54) is 13.2 Å². The summed E-state index contributed by atoms with van der Waals surface area (Å²) in [5.41, 5.74) is 0.314. The number of nitrogens with one attached hydrogen (secondary N) is 1. The molecule has 1 aromatic carbocycles. The van der Waals surface area contributed by atoms with Crippen molar-refractivity contribution in [1.82, 2.24) is 0 Å². The normalized spacial score (nSPS) is 11.4. The molecule has 0 saturated carbocycles. The summed E-state index contributed by atoms with van der Waals surface area (Å²) in [6.45, 7) is 0.370. The minimum absolute atomic E-state index is 0.0115. The van der Waals surface area contributed by atoms with Crippen LogP contribution in [0.25, 0.3) is 0 Å². The Morgan fingerprint density at radius 2 is 2.00 bits per heavy atom. The lowest BCUT2D eigenvalue weighted by atomic mass is 10.3. The van der Waals surface area contributed by atoms with Gasteiger partial charge in [0.1, 0.15) is 5.82 Å². The second-order valence-corrected chi connectivity index (χ2v) is 5.85. The monoisotopic (exact) mass is 261 g/mol. The summed E-state index contributed by atoms with van der Waals surface area (Å²) in [4.78, 5) is 0. The van der Waals surface area contributed by atoms with E-state index in [9.17, 15) is 12.8 Å². The average Bonchev–Trinajstić information content (AvgIpc) is 2.29. The number of halogens is 1. The van der Waals surface area contributed by atoms with Gasteiger partial charge in [-0.2, -0.15) is 0 Å². The number of para-hydroxylation sites is 1. The van der Waals surface area contributed by atoms with E-state index in [4.69, 9.17) is 4.74 Å². The molecule has 0 spiro atoms. The van der Waals surface area contributed by atoms with Crippen LogP contribution >= 0.6 is 0 Å². The molecular weight excluding hydrogens is 245 g/mol. The van der Waals surface area contributed by atoms with Crippen molar-refractivity contribution in [3.05, 3.63) is 30.1 Å². The molecule has 17 heavy (non-hydrogen) atoms. The number of rotatable bonds is 7. The first-order valence-electron chi connectivity index (χ1n) is 5.23. The standard InChI is InChI=1S/C11H16FNO3S/c1-16-7-9-17(14,15)8-6-13-11-5-3-2-4-10(11)12/h2-5,13H,6-9H2,1H3. The van der Waals surface area contributed by atoms with Crippen LogP contribution in [0.15, 0.2) is 24.3 Å². The van der Waals surface area contributed by atoms with Crippen LogP contribution < -0.4 is 5.32 Å². The summed E-state index contributed by atoms with van der Waals surface area (Å²) in [5.74, 6) is -0.436. The summed E-state index contributed by atoms with van der Waals surface area (Å²) in [7, 11) is -1.69. The van der Waals surface area contributed by atoms with Crippen molar-refractivity contribution in [3.63, 3.8) is 0 Å². The first-order chi connectivity index (χ1) is 8.05. The maximum absolute atomic E-state index is 13.2. The van der Waals surface area contributed by atoms with Gasteiger partial charge in [-0.25, -0.2) is 12.8 Å². The number of benzene rings is 1. The van der Waals surface area contributed by atoms with Gasteiger partial charge in [-0.05, 0) is 12.1 Å². The third-order valence-electron chi connectivity index (χ3n) is 2.20. The Morgan fingerprint density at radius 3 is 2.65 bits per heavy atom. The van der Waals surface area contributed by atoms with Crippen LogP contribution in [0, 0.1) is 5.82 Å². The number of ether oxygens (including phenoxy) is 1. The molecule has 1 aromatic rings. The van der Waals surface area contributed by atoms with Gasteiger partial charge in [0, 0.05) is 13.7 Å². The smallest absolute Gasteiger partial charge is 0.154 e. The van der Waals surface area contributed by atoms with Crippen LogP contribution in [0.2, 0.25) is 0 Å². The highest BCUT2D eigenvalue weighted by atomic mass is 32.2. The molecule has 0 aliphatic heterocycles. The van der Waals surface area contributed by atoms with Crippen molar-refractivity contribution < 1.29 is 17.5 Å². The molecule has 4 nitrogen and oxygen atoms in total. The number of anilines is 1. The van der Waals surface area contributed by atoms with Crippen LogP contribution in [0.4, 0.5) is 10.1 Å². The first kappa shape index (κ1) is 13.9. The van der Waals surface area contributed by atoms with E-state index in [0.717, 1.165) is 0 Å². The molecule has 96 valence electrons. The molecule has 6 heteroatoms. The summed E-state index contributed by atoms with van der Waals surface area (Å²) >= 11 is 0. The van der Waals surface area contributed by atoms with E-state index in [0.29, 0.717) is 5.69 Å². The summed E-state index contributed by atoms with van der Waals surface area (Å²) in [6.07, 6.45) is 0. The Morgan fingerprint density at radius 1 is 1.29 bits per heavy atom. The molecule has 0 aromatic heterocycles. The summed E-state index contributed by atoms with van der Waals surface area (Å²) < 4.78 is 40.8. The molecule has 0 amide bonds. The lowest BCUT2D eigenvalue weighted by Gasteiger charge is -2.07. The summed E-state index contributed by atoms with van der Waals surface area (Å²) in [5, 5.41) is 2.75. The third-order valence-corrected chi connectivity index (χ3v) is 3.82. The highest BCUT2D eigenvalue weighted by molar-refractivity contribution is 7.91. The zero-order valence-electron chi connectivity index (χ0n) is 9.65. The molecule has 1 N–H and O–H groups in total. The van der Waals surface area contributed by atoms with E-state index in [2.05, 4.69) is 5.32 Å². The number of sulfone groups is 1. The van der Waals surface area contributed by atoms with Gasteiger partial charge in [0.15, 0.2) is 9.84 Å². The van der Waals surface area contributed by atoms with Gasteiger partial charge >= 0.3 is 0 Å². The third kappa shape index (κ3) is 5.14. The molecule has 0 radical (unpaired) electrons. The quantitative estimate of drug-likeness (QED) is 0.804. The van der Waals surface area contributed by atoms with Gasteiger partial charge < -0.3 is 10.1 Å². The van der Waals surface area contributed by atoms with Crippen LogP contribution in [-0.4, -0.2) is 40.2 Å². The first-order valence-corrected chi connectivity index (χ1v) is 7.05. The molecule has 0 aliphatic carbocycles. The highest BCUT2D eigenvalue weighted by Crippen LogP contribution is 2.11. The van der Waals surface area contributed by atoms with Gasteiger partial charge in [-0.3, -0.25) is 0 Å². The van der Waals surface area contributed by atoms with Crippen LogP contribution in [0.5, 0.6) is 0 Å². The van der Waals surface area contributed by atoms with E-state index in [-0.39, 0.29) is 30.5 Å². The second kappa shape index (κ2) is 6.56. The van der Waals surface area contributed by atoms with Crippen LogP contribution in [-0.2, 0) is 14.6 Å². The molecule has 0 atom stereocenters. The molecule has 0 unspecified atom stereocenters. The molecule has 0 fully saturated rings. The van der Waals surface area contributed by atoms with Gasteiger partial charge in [0.25, 0.3) is 0 Å². The van der Waals surface area contributed by atoms with E-state index >= 15 is 0 Å². The molecular formula is C11H16FNO3S. The predicted octanol–water partition coefficient (Wildman–Crippen LogP) is 1.30. The molecule has 0 aliphatic rings. The zero-order chi connectivity index (χ0) is 12.7. The fourth-order valence-corrected chi connectivity index (χ4v) is 2.30. The Bertz CT molecular complexity index is 448. The topological polar surface area (TPSA) is 55.4 Å². The van der Waals surface area contributed by atoms with Gasteiger partial charge in [0.05, 0.1) is 23.8 Å². The van der Waals surface area contributed by atoms with Gasteiger partial charge in [-0.15, -0.1) is 0 Å². The van der Waals surface area contributed by atoms with Crippen molar-refractivity contribution in [2.75, 3.05) is 37.1 Å². The van der Waals surface area contributed by atoms with Crippen molar-refractivity contribution in [1.29, 1.82) is 0 Å². The lowest BCUT2D eigenvalue weighted by Crippen LogP contribution is -2.20. The minimum Gasteiger partial charge on any atom is -0.384 e. The fourth-order valence-electron chi connectivity index (χ4n) is 1.26. The maximum atomic E-state index is 13.2. The minimum atomic E-state index is -3.14. The highest BCUT2D eigenvalue weighted by Gasteiger charge is 2.10. The number of hydrogen-bond donors (Lipinski definition) is 1. The van der Waals surface area contributed by atoms with E-state index in [1.807, 2.05) is 0 Å². The SMILES string of the molecule is COCCS(=O)(=O)CCNc1ccccc1F. The Hall–Kier alpha value is -1.14. The number of hydrogen-bond acceptors (Lipinski definition) is 4. The molecule has 0 saturated heterocycles. The van der Waals surface area contributed by atoms with Crippen molar-refractivity contribution in [2.45, 2.75) is 0 Å². The lowest BCUT2D eigenvalue weighted by molar-refractivity contribution is 0.217. The van der Waals surface area contributed by atoms with Crippen molar-refractivity contribution in [2.24, 2.45) is 0 Å². The largest absolute Gasteiger partial charge is 0.384 e. The van der Waals surface area contributed by atoms with Gasteiger partial charge in [-0.1, -0.05) is 12.1 Å². The fraction of sp³-hybridized carbons (Fsp3) is 0.455. The van der Waals surface area contributed by atoms with Crippen molar-refractivity contribution >= 4 is 15.5 Å². The maximum Gasteiger partial charge on any atom is 0.154 e. The Labute approximate surface area is 101 Å². The van der Waals surface area contributed by atoms with E-state index in [1.54, 1.807) is 18.2 Å². The number of methoxy groups -OCH3 is 1.